The van der Waals surface area contributed by atoms with Crippen LogP contribution in [-0.2, 0) is 9.53 Å². The van der Waals surface area contributed by atoms with Crippen LogP contribution in [0.5, 0.6) is 0 Å². The maximum atomic E-state index is 11.3. The Morgan fingerprint density at radius 1 is 1.75 bits per heavy atom. The predicted octanol–water partition coefficient (Wildman–Crippen LogP) is -0.547. The first kappa shape index (κ1) is 9.48. The Morgan fingerprint density at radius 2 is 2.50 bits per heavy atom. The van der Waals surface area contributed by atoms with Crippen molar-refractivity contribution in [2.45, 2.75) is 13.0 Å². The van der Waals surface area contributed by atoms with Gasteiger partial charge in [-0.05, 0) is 6.92 Å². The quantitative estimate of drug-likeness (QED) is 0.621. The van der Waals surface area contributed by atoms with Gasteiger partial charge in [0.15, 0.2) is 0 Å². The van der Waals surface area contributed by atoms with Gasteiger partial charge in [0, 0.05) is 26.2 Å². The molecule has 4 heteroatoms. The van der Waals surface area contributed by atoms with E-state index in [1.807, 2.05) is 4.90 Å². The molecule has 1 saturated heterocycles. The van der Waals surface area contributed by atoms with Gasteiger partial charge in [0.25, 0.3) is 0 Å². The largest absolute Gasteiger partial charge is 0.383 e. The van der Waals surface area contributed by atoms with Crippen LogP contribution in [-0.4, -0.2) is 50.2 Å². The van der Waals surface area contributed by atoms with Crippen molar-refractivity contribution >= 4 is 5.91 Å². The lowest BCUT2D eigenvalue weighted by Gasteiger charge is -2.31. The summed E-state index contributed by atoms with van der Waals surface area (Å²) >= 11 is 0. The average Bonchev–Trinajstić information content (AvgIpc) is 2.07. The molecule has 70 valence electrons. The van der Waals surface area contributed by atoms with Crippen LogP contribution in [0.3, 0.4) is 0 Å². The van der Waals surface area contributed by atoms with Crippen molar-refractivity contribution in [1.29, 1.82) is 0 Å². The van der Waals surface area contributed by atoms with E-state index in [2.05, 4.69) is 12.2 Å². The van der Waals surface area contributed by atoms with Crippen molar-refractivity contribution in [2.24, 2.45) is 0 Å². The lowest BCUT2D eigenvalue weighted by atomic mass is 10.2. The van der Waals surface area contributed by atoms with Crippen molar-refractivity contribution in [3.8, 4) is 0 Å². The smallest absolute Gasteiger partial charge is 0.236 e. The summed E-state index contributed by atoms with van der Waals surface area (Å²) in [6, 6.07) is 0.402. The molecular formula is C8H16N2O2. The van der Waals surface area contributed by atoms with Crippen molar-refractivity contribution in [1.82, 2.24) is 10.2 Å². The van der Waals surface area contributed by atoms with E-state index in [1.165, 1.54) is 0 Å². The molecule has 0 saturated carbocycles. The van der Waals surface area contributed by atoms with E-state index in [-0.39, 0.29) is 5.91 Å². The number of hydrogen-bond donors (Lipinski definition) is 1. The van der Waals surface area contributed by atoms with Crippen LogP contribution in [0.2, 0.25) is 0 Å². The number of methoxy groups -OCH3 is 1. The second-order valence-corrected chi connectivity index (χ2v) is 3.11. The number of hydrogen-bond acceptors (Lipinski definition) is 3. The molecule has 0 spiro atoms. The van der Waals surface area contributed by atoms with E-state index in [0.29, 0.717) is 25.7 Å². The summed E-state index contributed by atoms with van der Waals surface area (Å²) in [6.45, 7) is 4.67. The minimum atomic E-state index is 0.171. The number of carbonyl (C=O) groups is 1. The Labute approximate surface area is 72.9 Å². The summed E-state index contributed by atoms with van der Waals surface area (Å²) in [6.07, 6.45) is 0. The van der Waals surface area contributed by atoms with Crippen molar-refractivity contribution < 1.29 is 9.53 Å². The highest BCUT2D eigenvalue weighted by Gasteiger charge is 2.21. The van der Waals surface area contributed by atoms with Crippen LogP contribution >= 0.6 is 0 Å². The number of nitrogens with zero attached hydrogens (tertiary/aromatic N) is 1. The second kappa shape index (κ2) is 4.42. The summed E-state index contributed by atoms with van der Waals surface area (Å²) < 4.78 is 4.91. The molecule has 0 aliphatic carbocycles. The highest BCUT2D eigenvalue weighted by atomic mass is 16.5. The highest BCUT2D eigenvalue weighted by Crippen LogP contribution is 1.99. The van der Waals surface area contributed by atoms with Crippen molar-refractivity contribution in [3.05, 3.63) is 0 Å². The molecule has 1 atom stereocenters. The van der Waals surface area contributed by atoms with E-state index >= 15 is 0 Å². The Kier molecular flexibility index (Phi) is 3.49. The van der Waals surface area contributed by atoms with E-state index in [1.54, 1.807) is 7.11 Å². The van der Waals surface area contributed by atoms with Gasteiger partial charge < -0.3 is 15.0 Å². The number of amides is 1. The fourth-order valence-electron chi connectivity index (χ4n) is 1.29. The van der Waals surface area contributed by atoms with E-state index in [0.717, 1.165) is 6.54 Å². The summed E-state index contributed by atoms with van der Waals surface area (Å²) in [5, 5.41) is 3.11. The van der Waals surface area contributed by atoms with Crippen LogP contribution in [0.25, 0.3) is 0 Å². The SMILES string of the molecule is COCCN1CC(C)NCC1=O. The summed E-state index contributed by atoms with van der Waals surface area (Å²) in [7, 11) is 1.65. The van der Waals surface area contributed by atoms with E-state index < -0.39 is 0 Å². The highest BCUT2D eigenvalue weighted by molar-refractivity contribution is 5.79. The van der Waals surface area contributed by atoms with Crippen LogP contribution in [0.15, 0.2) is 0 Å². The molecule has 1 unspecified atom stereocenters. The fraction of sp³-hybridized carbons (Fsp3) is 0.875. The topological polar surface area (TPSA) is 41.6 Å². The van der Waals surface area contributed by atoms with Gasteiger partial charge in [0.05, 0.1) is 13.2 Å². The third-order valence-corrected chi connectivity index (χ3v) is 2.01. The maximum absolute atomic E-state index is 11.3. The molecule has 4 nitrogen and oxygen atoms in total. The van der Waals surface area contributed by atoms with Gasteiger partial charge in [0.2, 0.25) is 5.91 Å². The molecule has 0 aromatic carbocycles. The number of nitrogens with one attached hydrogen (secondary N) is 1. The molecule has 0 bridgehead atoms. The van der Waals surface area contributed by atoms with E-state index in [4.69, 9.17) is 4.74 Å². The zero-order valence-corrected chi connectivity index (χ0v) is 7.67. The molecule has 0 aromatic heterocycles. The Morgan fingerprint density at radius 3 is 3.17 bits per heavy atom. The maximum Gasteiger partial charge on any atom is 0.236 e. The molecule has 0 aromatic rings. The van der Waals surface area contributed by atoms with Crippen LogP contribution in [0.4, 0.5) is 0 Å². The van der Waals surface area contributed by atoms with Crippen LogP contribution in [0.1, 0.15) is 6.92 Å². The molecular weight excluding hydrogens is 156 g/mol. The number of rotatable bonds is 3. The lowest BCUT2D eigenvalue weighted by molar-refractivity contribution is -0.133. The average molecular weight is 172 g/mol. The van der Waals surface area contributed by atoms with Gasteiger partial charge in [-0.2, -0.15) is 0 Å². The third kappa shape index (κ3) is 2.46. The molecule has 12 heavy (non-hydrogen) atoms. The Balaban J connectivity index is 2.33. The first-order valence-electron chi connectivity index (χ1n) is 4.24. The first-order chi connectivity index (χ1) is 5.74. The van der Waals surface area contributed by atoms with Gasteiger partial charge >= 0.3 is 0 Å². The third-order valence-electron chi connectivity index (χ3n) is 2.01. The molecule has 1 heterocycles. The Hall–Kier alpha value is -0.610. The van der Waals surface area contributed by atoms with Crippen LogP contribution in [0, 0.1) is 0 Å². The van der Waals surface area contributed by atoms with Gasteiger partial charge in [0.1, 0.15) is 0 Å². The molecule has 1 rings (SSSR count). The van der Waals surface area contributed by atoms with Gasteiger partial charge in [-0.1, -0.05) is 0 Å². The van der Waals surface area contributed by atoms with Crippen molar-refractivity contribution in [2.75, 3.05) is 33.4 Å². The summed E-state index contributed by atoms with van der Waals surface area (Å²) in [4.78, 5) is 13.1. The molecule has 1 fully saturated rings. The van der Waals surface area contributed by atoms with Gasteiger partial charge in [-0.3, -0.25) is 4.79 Å². The summed E-state index contributed by atoms with van der Waals surface area (Å²) in [5.74, 6) is 0.171. The molecule has 1 N–H and O–H groups in total. The lowest BCUT2D eigenvalue weighted by Crippen LogP contribution is -2.53. The number of carbonyl (C=O) groups excluding carboxylic acids is 1. The Bertz CT molecular complexity index is 161. The van der Waals surface area contributed by atoms with Gasteiger partial charge in [-0.25, -0.2) is 0 Å². The molecule has 1 aliphatic rings. The zero-order valence-electron chi connectivity index (χ0n) is 7.67. The molecule has 0 radical (unpaired) electrons. The van der Waals surface area contributed by atoms with Crippen LogP contribution < -0.4 is 5.32 Å². The first-order valence-corrected chi connectivity index (χ1v) is 4.24. The molecule has 1 aliphatic heterocycles. The minimum absolute atomic E-state index is 0.171. The standard InChI is InChI=1S/C8H16N2O2/c1-7-6-10(3-4-12-2)8(11)5-9-7/h7,9H,3-6H2,1-2H3. The predicted molar refractivity (Wildman–Crippen MR) is 45.9 cm³/mol. The fourth-order valence-corrected chi connectivity index (χ4v) is 1.29. The normalized spacial score (nSPS) is 24.7. The van der Waals surface area contributed by atoms with E-state index in [9.17, 15) is 4.79 Å². The zero-order chi connectivity index (χ0) is 8.97. The summed E-state index contributed by atoms with van der Waals surface area (Å²) in [5.41, 5.74) is 0. The van der Waals surface area contributed by atoms with Crippen molar-refractivity contribution in [3.63, 3.8) is 0 Å². The molecule has 1 amide bonds. The van der Waals surface area contributed by atoms with Gasteiger partial charge in [-0.15, -0.1) is 0 Å². The monoisotopic (exact) mass is 172 g/mol. The minimum Gasteiger partial charge on any atom is -0.383 e. The second-order valence-electron chi connectivity index (χ2n) is 3.11. The number of piperazine rings is 1. The number of ether oxygens (including phenoxy) is 1.